The molecule has 0 unspecified atom stereocenters. The Hall–Kier alpha value is -2.80. The molecule has 0 fully saturated rings. The maximum absolute atomic E-state index is 12.3. The number of nitrogens with one attached hydrogen (secondary N) is 2. The van der Waals surface area contributed by atoms with Crippen molar-refractivity contribution >= 4 is 35.2 Å². The van der Waals surface area contributed by atoms with Gasteiger partial charge in [0, 0.05) is 23.3 Å². The second kappa shape index (κ2) is 8.53. The van der Waals surface area contributed by atoms with E-state index in [4.69, 9.17) is 11.6 Å². The molecule has 8 heteroatoms. The van der Waals surface area contributed by atoms with Crippen molar-refractivity contribution in [3.05, 3.63) is 70.8 Å². The van der Waals surface area contributed by atoms with Crippen LogP contribution < -0.4 is 10.6 Å². The van der Waals surface area contributed by atoms with Gasteiger partial charge in [-0.15, -0.1) is 0 Å². The predicted octanol–water partition coefficient (Wildman–Crippen LogP) is 4.17. The van der Waals surface area contributed by atoms with Gasteiger partial charge in [-0.25, -0.2) is 0 Å². The maximum atomic E-state index is 12.3. The lowest BCUT2D eigenvalue weighted by atomic mass is 10.2. The van der Waals surface area contributed by atoms with E-state index in [0.717, 1.165) is 5.56 Å². The fraction of sp³-hybridized carbons (Fsp3) is 0.111. The minimum absolute atomic E-state index is 0.00598. The first-order chi connectivity index (χ1) is 12.2. The van der Waals surface area contributed by atoms with Gasteiger partial charge in [-0.1, -0.05) is 35.9 Å². The molecule has 0 aromatic heterocycles. The van der Waals surface area contributed by atoms with Crippen LogP contribution in [-0.2, 0) is 16.1 Å². The van der Waals surface area contributed by atoms with Crippen molar-refractivity contribution in [2.24, 2.45) is 0 Å². The molecule has 2 aromatic rings. The highest BCUT2D eigenvalue weighted by Gasteiger charge is 2.38. The zero-order valence-electron chi connectivity index (χ0n) is 13.3. The van der Waals surface area contributed by atoms with Crippen molar-refractivity contribution in [2.45, 2.75) is 12.7 Å². The molecule has 0 heterocycles. The highest BCUT2D eigenvalue weighted by atomic mass is 35.5. The number of carbonyl (C=O) groups excluding carboxylic acids is 2. The molecule has 0 aliphatic rings. The molecule has 2 rings (SSSR count). The molecule has 0 atom stereocenters. The number of hydrogen-bond donors (Lipinski definition) is 2. The monoisotopic (exact) mass is 382 g/mol. The number of halogens is 4. The molecular weight excluding hydrogens is 369 g/mol. The minimum Gasteiger partial charge on any atom is -0.348 e. The lowest BCUT2D eigenvalue weighted by molar-refractivity contribution is -0.167. The molecule has 4 nitrogen and oxygen atoms in total. The average molecular weight is 383 g/mol. The normalized spacial score (nSPS) is 11.4. The number of benzene rings is 2. The predicted molar refractivity (Wildman–Crippen MR) is 93.5 cm³/mol. The molecule has 136 valence electrons. The van der Waals surface area contributed by atoms with E-state index in [2.05, 4.69) is 5.32 Å². The van der Waals surface area contributed by atoms with Crippen molar-refractivity contribution in [1.29, 1.82) is 0 Å². The molecule has 2 amide bonds. The zero-order valence-corrected chi connectivity index (χ0v) is 14.1. The van der Waals surface area contributed by atoms with Gasteiger partial charge in [0.25, 0.3) is 0 Å². The standard InChI is InChI=1S/C18H14ClF3N2O2/c19-14-5-1-3-12(9-14)7-8-16(25)23-11-13-4-2-6-15(10-13)24-17(26)18(20,21)22/h1-10H,11H2,(H,23,25)(H,24,26)/b8-7+. The van der Waals surface area contributed by atoms with E-state index < -0.39 is 12.1 Å². The van der Waals surface area contributed by atoms with Gasteiger partial charge in [0.1, 0.15) is 0 Å². The van der Waals surface area contributed by atoms with Crippen LogP contribution in [0.4, 0.5) is 18.9 Å². The van der Waals surface area contributed by atoms with Crippen molar-refractivity contribution in [1.82, 2.24) is 5.32 Å². The Kier molecular flexibility index (Phi) is 6.41. The summed E-state index contributed by atoms with van der Waals surface area (Å²) in [5.41, 5.74) is 1.28. The molecular formula is C18H14ClF3N2O2. The second-order valence-corrected chi connectivity index (χ2v) is 5.69. The number of alkyl halides is 3. The fourth-order valence-electron chi connectivity index (χ4n) is 1.99. The van der Waals surface area contributed by atoms with Crippen molar-refractivity contribution < 1.29 is 22.8 Å². The van der Waals surface area contributed by atoms with E-state index in [1.807, 2.05) is 0 Å². The molecule has 0 bridgehead atoms. The zero-order chi connectivity index (χ0) is 19.2. The van der Waals surface area contributed by atoms with E-state index in [0.29, 0.717) is 10.6 Å². The number of rotatable bonds is 5. The lowest BCUT2D eigenvalue weighted by Crippen LogP contribution is -2.30. The van der Waals surface area contributed by atoms with Crippen LogP contribution in [0.5, 0.6) is 0 Å². The molecule has 0 saturated carbocycles. The van der Waals surface area contributed by atoms with Gasteiger partial charge >= 0.3 is 12.1 Å². The van der Waals surface area contributed by atoms with Gasteiger partial charge in [-0.05, 0) is 41.5 Å². The first-order valence-electron chi connectivity index (χ1n) is 7.42. The summed E-state index contributed by atoms with van der Waals surface area (Å²) < 4.78 is 36.8. The smallest absolute Gasteiger partial charge is 0.348 e. The Balaban J connectivity index is 1.92. The summed E-state index contributed by atoms with van der Waals surface area (Å²) >= 11 is 5.85. The molecule has 0 radical (unpaired) electrons. The maximum Gasteiger partial charge on any atom is 0.471 e. The van der Waals surface area contributed by atoms with Crippen LogP contribution in [0, 0.1) is 0 Å². The molecule has 26 heavy (non-hydrogen) atoms. The summed E-state index contributed by atoms with van der Waals surface area (Å²) in [6.45, 7) is 0.0917. The molecule has 0 aliphatic carbocycles. The number of amides is 2. The topological polar surface area (TPSA) is 58.2 Å². The summed E-state index contributed by atoms with van der Waals surface area (Å²) in [6.07, 6.45) is -2.06. The summed E-state index contributed by atoms with van der Waals surface area (Å²) in [4.78, 5) is 22.8. The SMILES string of the molecule is O=C(/C=C/c1cccc(Cl)c1)NCc1cccc(NC(=O)C(F)(F)F)c1. The van der Waals surface area contributed by atoms with Gasteiger partial charge in [0.2, 0.25) is 5.91 Å². The lowest BCUT2D eigenvalue weighted by Gasteiger charge is -2.09. The van der Waals surface area contributed by atoms with Gasteiger partial charge in [0.15, 0.2) is 0 Å². The van der Waals surface area contributed by atoms with Crippen LogP contribution >= 0.6 is 11.6 Å². The largest absolute Gasteiger partial charge is 0.471 e. The van der Waals surface area contributed by atoms with Gasteiger partial charge in [-0.3, -0.25) is 9.59 Å². The van der Waals surface area contributed by atoms with Crippen molar-refractivity contribution in [3.63, 3.8) is 0 Å². The Morgan fingerprint density at radius 2 is 1.81 bits per heavy atom. The van der Waals surface area contributed by atoms with Crippen molar-refractivity contribution in [3.8, 4) is 0 Å². The number of hydrogen-bond acceptors (Lipinski definition) is 2. The summed E-state index contributed by atoms with van der Waals surface area (Å²) in [6, 6.07) is 12.7. The van der Waals surface area contributed by atoms with Crippen LogP contribution in [0.15, 0.2) is 54.6 Å². The van der Waals surface area contributed by atoms with E-state index >= 15 is 0 Å². The quantitative estimate of drug-likeness (QED) is 0.762. The Morgan fingerprint density at radius 3 is 2.50 bits per heavy atom. The highest BCUT2D eigenvalue weighted by molar-refractivity contribution is 6.30. The van der Waals surface area contributed by atoms with Crippen LogP contribution in [0.2, 0.25) is 5.02 Å². The third-order valence-corrected chi connectivity index (χ3v) is 3.42. The highest BCUT2D eigenvalue weighted by Crippen LogP contribution is 2.19. The van der Waals surface area contributed by atoms with E-state index in [1.165, 1.54) is 24.3 Å². The van der Waals surface area contributed by atoms with Crippen LogP contribution in [0.25, 0.3) is 6.08 Å². The third-order valence-electron chi connectivity index (χ3n) is 3.18. The first-order valence-corrected chi connectivity index (χ1v) is 7.80. The Labute approximate surface area is 152 Å². The summed E-state index contributed by atoms with van der Waals surface area (Å²) in [5.74, 6) is -2.43. The second-order valence-electron chi connectivity index (χ2n) is 5.26. The summed E-state index contributed by atoms with van der Waals surface area (Å²) in [7, 11) is 0. The van der Waals surface area contributed by atoms with Gasteiger partial charge < -0.3 is 10.6 Å². The van der Waals surface area contributed by atoms with Crippen LogP contribution in [0.1, 0.15) is 11.1 Å². The molecule has 2 N–H and O–H groups in total. The van der Waals surface area contributed by atoms with Gasteiger partial charge in [-0.2, -0.15) is 13.2 Å². The van der Waals surface area contributed by atoms with E-state index in [9.17, 15) is 22.8 Å². The third kappa shape index (κ3) is 6.25. The molecule has 0 aliphatic heterocycles. The van der Waals surface area contributed by atoms with E-state index in [1.54, 1.807) is 41.7 Å². The number of anilines is 1. The fourth-order valence-corrected chi connectivity index (χ4v) is 2.19. The van der Waals surface area contributed by atoms with E-state index in [-0.39, 0.29) is 18.1 Å². The first kappa shape index (κ1) is 19.5. The van der Waals surface area contributed by atoms with Gasteiger partial charge in [0.05, 0.1) is 0 Å². The molecule has 0 saturated heterocycles. The molecule has 0 spiro atoms. The van der Waals surface area contributed by atoms with Crippen molar-refractivity contribution in [2.75, 3.05) is 5.32 Å². The molecule has 2 aromatic carbocycles. The Morgan fingerprint density at radius 1 is 1.08 bits per heavy atom. The average Bonchev–Trinajstić information content (AvgIpc) is 2.58. The summed E-state index contributed by atoms with van der Waals surface area (Å²) in [5, 5.41) is 4.91. The van der Waals surface area contributed by atoms with Crippen LogP contribution in [-0.4, -0.2) is 18.0 Å². The van der Waals surface area contributed by atoms with Crippen LogP contribution in [0.3, 0.4) is 0 Å². The Bertz CT molecular complexity index is 835. The number of carbonyl (C=O) groups is 2. The minimum atomic E-state index is -4.96.